The van der Waals surface area contributed by atoms with Crippen LogP contribution in [0.4, 0.5) is 9.93 Å². The molecule has 2 saturated heterocycles. The molecule has 25 heteroatoms. The zero-order valence-electron chi connectivity index (χ0n) is 55.4. The number of carbonyl (C=O) groups is 5. The zero-order chi connectivity index (χ0) is 68.9. The van der Waals surface area contributed by atoms with E-state index in [1.807, 2.05) is 127 Å². The Kier molecular flexibility index (Phi) is 21.5. The second kappa shape index (κ2) is 29.4. The van der Waals surface area contributed by atoms with Gasteiger partial charge in [-0.15, -0.1) is 11.8 Å². The van der Waals surface area contributed by atoms with Crippen LogP contribution in [-0.4, -0.2) is 122 Å². The molecule has 96 heavy (non-hydrogen) atoms. The number of hydrogen-bond donors (Lipinski definition) is 2. The average molecular weight is 1390 g/mol. The first-order valence-electron chi connectivity index (χ1n) is 31.4. The van der Waals surface area contributed by atoms with Crippen LogP contribution in [0.15, 0.2) is 143 Å². The van der Waals surface area contributed by atoms with E-state index >= 15 is 14.4 Å². The number of ether oxygens (including phenoxy) is 7. The van der Waals surface area contributed by atoms with E-state index in [1.54, 1.807) is 61.8 Å². The summed E-state index contributed by atoms with van der Waals surface area (Å²) < 4.78 is 43.7. The van der Waals surface area contributed by atoms with Crippen LogP contribution < -0.4 is 35.0 Å². The van der Waals surface area contributed by atoms with Crippen molar-refractivity contribution in [3.05, 3.63) is 186 Å². The summed E-state index contributed by atoms with van der Waals surface area (Å²) in [6.07, 6.45) is 1.73. The number of aromatic nitrogens is 2. The van der Waals surface area contributed by atoms with Crippen LogP contribution in [0.5, 0.6) is 23.0 Å². The highest BCUT2D eigenvalue weighted by Gasteiger charge is 2.56. The monoisotopic (exact) mass is 1390 g/mol. The van der Waals surface area contributed by atoms with Gasteiger partial charge in [0.15, 0.2) is 33.9 Å². The molecule has 2 fully saturated rings. The Hall–Kier alpha value is -8.61. The van der Waals surface area contributed by atoms with E-state index in [0.29, 0.717) is 69.1 Å². The molecule has 3 aliphatic rings. The highest BCUT2D eigenvalue weighted by molar-refractivity contribution is 8.00. The van der Waals surface area contributed by atoms with Gasteiger partial charge >= 0.3 is 18.0 Å². The van der Waals surface area contributed by atoms with Crippen molar-refractivity contribution < 1.29 is 66.5 Å². The Bertz CT molecular complexity index is 4120. The summed E-state index contributed by atoms with van der Waals surface area (Å²) in [6, 6.07) is 34.0. The summed E-state index contributed by atoms with van der Waals surface area (Å²) in [4.78, 5) is 99.0. The third kappa shape index (κ3) is 16.3. The molecular weight excluding hydrogens is 1310 g/mol. The molecule has 2 N–H and O–H groups in total. The Labute approximate surface area is 575 Å². The molecule has 506 valence electrons. The van der Waals surface area contributed by atoms with E-state index in [0.717, 1.165) is 35.3 Å². The number of rotatable bonds is 24. The quantitative estimate of drug-likeness (QED) is 0.0143. The number of oxime groups is 1. The topological polar surface area (TPSA) is 234 Å². The number of methoxy groups -OCH3 is 2. The number of hydrogen-bond acceptors (Lipinski definition) is 18. The van der Waals surface area contributed by atoms with Crippen LogP contribution in [-0.2, 0) is 64.5 Å². The molecule has 21 nitrogen and oxygen atoms in total. The van der Waals surface area contributed by atoms with Crippen molar-refractivity contribution in [2.45, 2.75) is 136 Å². The molecule has 5 heterocycles. The number of amides is 3. The van der Waals surface area contributed by atoms with E-state index < -0.39 is 69.9 Å². The number of aryl methyl sites for hydroxylation is 1. The van der Waals surface area contributed by atoms with Gasteiger partial charge in [0.05, 0.1) is 48.8 Å². The number of quaternary nitrogens is 1. The van der Waals surface area contributed by atoms with Crippen LogP contribution in [0.2, 0.25) is 9.36 Å². The normalized spacial score (nSPS) is 16.3. The molecule has 10 rings (SSSR count). The molecule has 0 spiro atoms. The van der Waals surface area contributed by atoms with Crippen LogP contribution in [0, 0.1) is 0 Å². The molecule has 2 atom stereocenters. The lowest BCUT2D eigenvalue weighted by molar-refractivity contribution is -0.925. The Morgan fingerprint density at radius 3 is 1.92 bits per heavy atom. The number of halogens is 2. The van der Waals surface area contributed by atoms with Crippen molar-refractivity contribution in [2.24, 2.45) is 5.16 Å². The molecule has 0 unspecified atom stereocenters. The highest BCUT2D eigenvalue weighted by atomic mass is 35.5. The summed E-state index contributed by atoms with van der Waals surface area (Å²) in [5, 5.41) is 8.90. The van der Waals surface area contributed by atoms with Crippen LogP contribution in [0.25, 0.3) is 10.9 Å². The predicted molar refractivity (Wildman–Crippen MR) is 369 cm³/mol. The molecule has 0 aliphatic carbocycles. The first-order chi connectivity index (χ1) is 45.7. The number of nitrogens with zero attached hydrogens (tertiary/aromatic N) is 5. The summed E-state index contributed by atoms with van der Waals surface area (Å²) in [5.74, 6) is -1.09. The number of thioether (sulfide) groups is 1. The minimum Gasteiger partial charge on any atom is -0.497 e. The molecule has 5 aromatic carbocycles. The van der Waals surface area contributed by atoms with Gasteiger partial charge < -0.3 is 52.4 Å². The van der Waals surface area contributed by atoms with Gasteiger partial charge in [-0.2, -0.15) is 0 Å². The van der Waals surface area contributed by atoms with Crippen molar-refractivity contribution in [1.29, 1.82) is 0 Å². The number of pyridine rings is 1. The third-order valence-corrected chi connectivity index (χ3v) is 19.0. The molecule has 3 aliphatic heterocycles. The van der Waals surface area contributed by atoms with Gasteiger partial charge in [0, 0.05) is 43.0 Å². The molecule has 0 bridgehead atoms. The molecular formula is C71H78Cl2N7O14S2+. The maximum absolute atomic E-state index is 15.6. The second-order valence-electron chi connectivity index (χ2n) is 26.0. The maximum Gasteiger partial charge on any atom is 0.413 e. The first-order valence-corrected chi connectivity index (χ1v) is 34.0. The fourth-order valence-electron chi connectivity index (χ4n) is 11.5. The molecule has 2 aromatic heterocycles. The Morgan fingerprint density at radius 1 is 0.771 bits per heavy atom. The fraction of sp³-hybridized carbons (Fsp3) is 0.380. The zero-order valence-corrected chi connectivity index (χ0v) is 58.5. The summed E-state index contributed by atoms with van der Waals surface area (Å²) >= 11 is 16.4. The molecule has 0 radical (unpaired) electrons. The van der Waals surface area contributed by atoms with Gasteiger partial charge in [0.25, 0.3) is 11.8 Å². The average Bonchev–Trinajstić information content (AvgIpc) is 0.756. The standard InChI is InChI=1S/C71H77Cl2N7O14S2/c1-12-78-36-46(58(81)52-50(78)35-51(89-39-42-25-29-48(87-10)30-26-42)60(53(52)72)90-40-43-27-31-49(88-11)32-28-43)37-80(33-19-20-34-80)38-47-41-95-64-56(63(83)79(64)57(47)65(84)91-59(44-21-15-13-16-22-44)45-23-17-14-18-24-45)74-62(82)55(77-94-71(8,9)66(85)92-69(2,3)4)54-61(73)96-67(75-54)76-68(86)93-70(5,6)7/h13-18,21-32,35-36,56,59,64H,12,19-20,33-34,37-41H2,1-11H3,(H-,74,75,76,82,86)/p+1/t56-,64-/m1/s1. The molecule has 0 saturated carbocycles. The minimum absolute atomic E-state index is 0.0144. The number of β-lactam (4-membered cyclic amide) rings is 1. The van der Waals surface area contributed by atoms with Crippen LogP contribution in [0.3, 0.4) is 0 Å². The van der Waals surface area contributed by atoms with Gasteiger partial charge in [-0.05, 0) is 109 Å². The second-order valence-corrected chi connectivity index (χ2v) is 29.1. The number of benzene rings is 5. The number of fused-ring (bicyclic) bond motifs is 2. The van der Waals surface area contributed by atoms with Crippen molar-refractivity contribution in [3.8, 4) is 23.0 Å². The van der Waals surface area contributed by atoms with E-state index in [4.69, 9.17) is 61.2 Å². The number of anilines is 1. The molecule has 7 aromatic rings. The lowest BCUT2D eigenvalue weighted by Crippen LogP contribution is -2.71. The predicted octanol–water partition coefficient (Wildman–Crippen LogP) is 12.9. The van der Waals surface area contributed by atoms with Crippen LogP contribution in [0.1, 0.15) is 115 Å². The van der Waals surface area contributed by atoms with Gasteiger partial charge in [0.1, 0.15) is 76.1 Å². The summed E-state index contributed by atoms with van der Waals surface area (Å²) in [7, 11) is 3.20. The lowest BCUT2D eigenvalue weighted by Gasteiger charge is -2.50. The largest absolute Gasteiger partial charge is 0.497 e. The Morgan fingerprint density at radius 2 is 1.35 bits per heavy atom. The fourth-order valence-corrected chi connectivity index (χ4v) is 14.2. The SMILES string of the molecule is CCn1cc(C[N+]2(CC3=C(C(=O)OC(c4ccccc4)c4ccccc4)N4C(=O)[C@@H](NC(=O)C(=NOC(C)(C)C(=O)OC(C)(C)C)c5nc(NC(=O)OC(C)(C)C)sc5Cl)[C@H]4SC3)CCCC2)c(=O)c2c(Cl)c(OCc3ccc(OC)cc3)c(OCc3ccc(OC)cc3)cc21. The van der Waals surface area contributed by atoms with Crippen molar-refractivity contribution in [2.75, 3.05) is 44.9 Å². The minimum atomic E-state index is -1.77. The number of nitrogens with one attached hydrogen (secondary N) is 2. The maximum atomic E-state index is 15.6. The van der Waals surface area contributed by atoms with Crippen molar-refractivity contribution in [3.63, 3.8) is 0 Å². The van der Waals surface area contributed by atoms with Crippen LogP contribution >= 0.6 is 46.3 Å². The summed E-state index contributed by atoms with van der Waals surface area (Å²) in [5.41, 5.74) is 0.0501. The number of likely N-dealkylation sites (tertiary alicyclic amines) is 1. The lowest BCUT2D eigenvalue weighted by atomic mass is 10.00. The van der Waals surface area contributed by atoms with E-state index in [1.165, 1.54) is 30.5 Å². The van der Waals surface area contributed by atoms with E-state index in [9.17, 15) is 14.4 Å². The van der Waals surface area contributed by atoms with E-state index in [2.05, 4.69) is 20.8 Å². The summed E-state index contributed by atoms with van der Waals surface area (Å²) in [6.45, 7) is 17.3. The number of esters is 2. The van der Waals surface area contributed by atoms with Crippen molar-refractivity contribution in [1.82, 2.24) is 19.8 Å². The van der Waals surface area contributed by atoms with Gasteiger partial charge in [0.2, 0.25) is 5.60 Å². The first kappa shape index (κ1) is 70.2. The Balaban J connectivity index is 1.01. The molecule has 3 amide bonds. The number of carbonyl (C=O) groups excluding carboxylic acids is 5. The van der Waals surface area contributed by atoms with E-state index in [-0.39, 0.29) is 74.5 Å². The third-order valence-electron chi connectivity index (χ3n) is 16.1. The number of thiazole rings is 1. The highest BCUT2D eigenvalue weighted by Crippen LogP contribution is 2.45. The van der Waals surface area contributed by atoms with Gasteiger partial charge in [-0.1, -0.05) is 125 Å². The van der Waals surface area contributed by atoms with Crippen molar-refractivity contribution >= 4 is 97.9 Å². The smallest absolute Gasteiger partial charge is 0.413 e. The van der Waals surface area contributed by atoms with Gasteiger partial charge in [-0.3, -0.25) is 24.6 Å². The van der Waals surface area contributed by atoms with Gasteiger partial charge in [-0.25, -0.2) is 19.4 Å².